The van der Waals surface area contributed by atoms with Gasteiger partial charge in [0.2, 0.25) is 5.91 Å². The van der Waals surface area contributed by atoms with Crippen LogP contribution in [-0.4, -0.2) is 16.1 Å². The molecule has 1 aliphatic carbocycles. The van der Waals surface area contributed by atoms with Gasteiger partial charge in [0.1, 0.15) is 0 Å². The molecule has 1 aromatic rings. The molecule has 1 aromatic heterocycles. The molecule has 1 fully saturated rings. The quantitative estimate of drug-likeness (QED) is 0.738. The number of hydrogen-bond donors (Lipinski definition) is 2. The fourth-order valence-electron chi connectivity index (χ4n) is 1.26. The highest BCUT2D eigenvalue weighted by Gasteiger charge is 2.24. The standard InChI is InChI=1S/C9H13N3O/c1-6-4-8(12-11-6)10-9(13)5-7-2-3-7/h4,7H,2-3,5H2,1H3,(H2,10,11,12,13). The van der Waals surface area contributed by atoms with E-state index in [1.54, 1.807) is 0 Å². The number of aryl methyl sites for hydroxylation is 1. The molecular weight excluding hydrogens is 166 g/mol. The first-order chi connectivity index (χ1) is 6.24. The lowest BCUT2D eigenvalue weighted by molar-refractivity contribution is -0.116. The summed E-state index contributed by atoms with van der Waals surface area (Å²) in [5.74, 6) is 1.33. The molecule has 0 aliphatic heterocycles. The molecule has 70 valence electrons. The predicted octanol–water partition coefficient (Wildman–Crippen LogP) is 1.46. The molecule has 0 bridgehead atoms. The minimum atomic E-state index is 0.0778. The SMILES string of the molecule is Cc1cc(NC(=O)CC2CC2)n[nH]1. The van der Waals surface area contributed by atoms with E-state index in [1.165, 1.54) is 12.8 Å². The molecule has 0 spiro atoms. The van der Waals surface area contributed by atoms with Crippen molar-refractivity contribution in [3.63, 3.8) is 0 Å². The molecule has 13 heavy (non-hydrogen) atoms. The van der Waals surface area contributed by atoms with Crippen LogP contribution in [0.3, 0.4) is 0 Å². The Morgan fingerprint density at radius 3 is 3.08 bits per heavy atom. The van der Waals surface area contributed by atoms with Gasteiger partial charge in [0.15, 0.2) is 5.82 Å². The first kappa shape index (κ1) is 8.29. The molecule has 0 aromatic carbocycles. The first-order valence-corrected chi connectivity index (χ1v) is 4.56. The Labute approximate surface area is 76.7 Å². The average molecular weight is 179 g/mol. The van der Waals surface area contributed by atoms with Crippen molar-refractivity contribution in [3.8, 4) is 0 Å². The van der Waals surface area contributed by atoms with Crippen LogP contribution in [0, 0.1) is 12.8 Å². The summed E-state index contributed by atoms with van der Waals surface area (Å²) in [5.41, 5.74) is 0.960. The summed E-state index contributed by atoms with van der Waals surface area (Å²) < 4.78 is 0. The van der Waals surface area contributed by atoms with E-state index < -0.39 is 0 Å². The number of anilines is 1. The molecule has 1 heterocycles. The second kappa shape index (κ2) is 3.20. The third kappa shape index (κ3) is 2.31. The Balaban J connectivity index is 1.85. The highest BCUT2D eigenvalue weighted by atomic mass is 16.1. The van der Waals surface area contributed by atoms with Crippen LogP contribution >= 0.6 is 0 Å². The van der Waals surface area contributed by atoms with Gasteiger partial charge in [0.05, 0.1) is 0 Å². The second-order valence-electron chi connectivity index (χ2n) is 3.63. The van der Waals surface area contributed by atoms with Crippen LogP contribution in [0.4, 0.5) is 5.82 Å². The molecule has 1 saturated carbocycles. The van der Waals surface area contributed by atoms with Gasteiger partial charge in [0, 0.05) is 18.2 Å². The third-order valence-electron chi connectivity index (χ3n) is 2.14. The molecule has 0 unspecified atom stereocenters. The number of carbonyl (C=O) groups is 1. The fourth-order valence-corrected chi connectivity index (χ4v) is 1.26. The van der Waals surface area contributed by atoms with E-state index in [9.17, 15) is 4.79 Å². The lowest BCUT2D eigenvalue weighted by atomic mass is 10.3. The summed E-state index contributed by atoms with van der Waals surface area (Å²) in [7, 11) is 0. The van der Waals surface area contributed by atoms with E-state index in [0.29, 0.717) is 18.2 Å². The lowest BCUT2D eigenvalue weighted by Gasteiger charge is -1.98. The van der Waals surface area contributed by atoms with Crippen LogP contribution < -0.4 is 5.32 Å². The minimum Gasteiger partial charge on any atom is -0.309 e. The zero-order chi connectivity index (χ0) is 9.26. The van der Waals surface area contributed by atoms with E-state index in [-0.39, 0.29) is 5.91 Å². The van der Waals surface area contributed by atoms with Gasteiger partial charge in [-0.15, -0.1) is 0 Å². The molecule has 0 atom stereocenters. The van der Waals surface area contributed by atoms with Crippen LogP contribution in [0.25, 0.3) is 0 Å². The van der Waals surface area contributed by atoms with Crippen LogP contribution in [0.1, 0.15) is 25.0 Å². The van der Waals surface area contributed by atoms with Crippen LogP contribution in [0.15, 0.2) is 6.07 Å². The van der Waals surface area contributed by atoms with Crippen molar-refractivity contribution < 1.29 is 4.79 Å². The number of nitrogens with zero attached hydrogens (tertiary/aromatic N) is 1. The van der Waals surface area contributed by atoms with Gasteiger partial charge < -0.3 is 5.32 Å². The molecule has 1 amide bonds. The maximum Gasteiger partial charge on any atom is 0.225 e. The molecule has 4 nitrogen and oxygen atoms in total. The van der Waals surface area contributed by atoms with E-state index >= 15 is 0 Å². The van der Waals surface area contributed by atoms with Crippen molar-refractivity contribution in [1.29, 1.82) is 0 Å². The van der Waals surface area contributed by atoms with Crippen molar-refractivity contribution in [2.45, 2.75) is 26.2 Å². The summed E-state index contributed by atoms with van der Waals surface area (Å²) in [6.07, 6.45) is 3.05. The van der Waals surface area contributed by atoms with E-state index in [1.807, 2.05) is 13.0 Å². The van der Waals surface area contributed by atoms with Gasteiger partial charge in [-0.1, -0.05) is 0 Å². The average Bonchev–Trinajstić information content (AvgIpc) is 2.76. The number of amides is 1. The molecular formula is C9H13N3O. The Morgan fingerprint density at radius 2 is 2.54 bits per heavy atom. The van der Waals surface area contributed by atoms with E-state index in [0.717, 1.165) is 5.69 Å². The van der Waals surface area contributed by atoms with Crippen molar-refractivity contribution in [1.82, 2.24) is 10.2 Å². The molecule has 2 N–H and O–H groups in total. The summed E-state index contributed by atoms with van der Waals surface area (Å²) in [6, 6.07) is 1.82. The summed E-state index contributed by atoms with van der Waals surface area (Å²) in [6.45, 7) is 1.91. The maximum atomic E-state index is 11.3. The van der Waals surface area contributed by atoms with Gasteiger partial charge >= 0.3 is 0 Å². The van der Waals surface area contributed by atoms with Crippen LogP contribution in [0.5, 0.6) is 0 Å². The summed E-state index contributed by atoms with van der Waals surface area (Å²) >= 11 is 0. The molecule has 4 heteroatoms. The largest absolute Gasteiger partial charge is 0.309 e. The number of carbonyl (C=O) groups excluding carboxylic acids is 1. The van der Waals surface area contributed by atoms with Gasteiger partial charge in [-0.3, -0.25) is 9.89 Å². The lowest BCUT2D eigenvalue weighted by Crippen LogP contribution is -2.12. The Hall–Kier alpha value is -1.32. The Morgan fingerprint density at radius 1 is 1.77 bits per heavy atom. The zero-order valence-electron chi connectivity index (χ0n) is 7.63. The number of H-pyrrole nitrogens is 1. The Bertz CT molecular complexity index is 314. The van der Waals surface area contributed by atoms with Gasteiger partial charge in [0.25, 0.3) is 0 Å². The van der Waals surface area contributed by atoms with Crippen molar-refractivity contribution in [2.75, 3.05) is 5.32 Å². The van der Waals surface area contributed by atoms with Gasteiger partial charge in [-0.25, -0.2) is 0 Å². The molecule has 0 saturated heterocycles. The summed E-state index contributed by atoms with van der Waals surface area (Å²) in [4.78, 5) is 11.3. The van der Waals surface area contributed by atoms with Crippen LogP contribution in [-0.2, 0) is 4.79 Å². The fraction of sp³-hybridized carbons (Fsp3) is 0.556. The van der Waals surface area contributed by atoms with Crippen molar-refractivity contribution >= 4 is 11.7 Å². The number of aromatic nitrogens is 2. The van der Waals surface area contributed by atoms with E-state index in [2.05, 4.69) is 15.5 Å². The number of aromatic amines is 1. The number of rotatable bonds is 3. The topological polar surface area (TPSA) is 57.8 Å². The molecule has 0 radical (unpaired) electrons. The highest BCUT2D eigenvalue weighted by Crippen LogP contribution is 2.32. The van der Waals surface area contributed by atoms with Crippen LogP contribution in [0.2, 0.25) is 0 Å². The predicted molar refractivity (Wildman–Crippen MR) is 49.3 cm³/mol. The normalized spacial score (nSPS) is 15.8. The highest BCUT2D eigenvalue weighted by molar-refractivity contribution is 5.90. The smallest absolute Gasteiger partial charge is 0.225 e. The Kier molecular flexibility index (Phi) is 2.04. The summed E-state index contributed by atoms with van der Waals surface area (Å²) in [5, 5.41) is 9.46. The zero-order valence-corrected chi connectivity index (χ0v) is 7.63. The van der Waals surface area contributed by atoms with Gasteiger partial charge in [-0.05, 0) is 25.7 Å². The maximum absolute atomic E-state index is 11.3. The first-order valence-electron chi connectivity index (χ1n) is 4.56. The number of nitrogens with one attached hydrogen (secondary N) is 2. The molecule has 1 aliphatic rings. The number of hydrogen-bond acceptors (Lipinski definition) is 2. The van der Waals surface area contributed by atoms with E-state index in [4.69, 9.17) is 0 Å². The molecule has 2 rings (SSSR count). The van der Waals surface area contributed by atoms with Crippen molar-refractivity contribution in [2.24, 2.45) is 5.92 Å². The monoisotopic (exact) mass is 179 g/mol. The second-order valence-corrected chi connectivity index (χ2v) is 3.63. The van der Waals surface area contributed by atoms with Crippen molar-refractivity contribution in [3.05, 3.63) is 11.8 Å². The van der Waals surface area contributed by atoms with Gasteiger partial charge in [-0.2, -0.15) is 5.10 Å². The third-order valence-corrected chi connectivity index (χ3v) is 2.14. The minimum absolute atomic E-state index is 0.0778.